The quantitative estimate of drug-likeness (QED) is 0.678. The average Bonchev–Trinajstić information content (AvgIpc) is 3.08. The molecule has 3 heterocycles. The molecule has 0 aliphatic heterocycles. The van der Waals surface area contributed by atoms with E-state index >= 15 is 0 Å². The van der Waals surface area contributed by atoms with E-state index in [4.69, 9.17) is 4.98 Å². The van der Waals surface area contributed by atoms with Crippen LogP contribution >= 0.6 is 11.3 Å². The molecule has 0 spiro atoms. The number of nitrogens with zero attached hydrogens (tertiary/aromatic N) is 4. The summed E-state index contributed by atoms with van der Waals surface area (Å²) in [5.74, 6) is 1.16. The van der Waals surface area contributed by atoms with Crippen molar-refractivity contribution in [1.82, 2.24) is 19.9 Å². The Kier molecular flexibility index (Phi) is 5.71. The Labute approximate surface area is 152 Å². The maximum Gasteiger partial charge on any atom is 0.228 e. The third-order valence-electron chi connectivity index (χ3n) is 4.32. The molecule has 0 amide bonds. The summed E-state index contributed by atoms with van der Waals surface area (Å²) in [6, 6.07) is 7.79. The molecule has 1 N–H and O–H groups in total. The molecule has 4 rings (SSSR count). The van der Waals surface area contributed by atoms with Gasteiger partial charge in [0, 0.05) is 23.5 Å². The molecule has 1 aliphatic carbocycles. The summed E-state index contributed by atoms with van der Waals surface area (Å²) in [5.41, 5.74) is 1.95. The number of anilines is 2. The normalized spacial score (nSPS) is 14.7. The third-order valence-corrected chi connectivity index (χ3v) is 5.45. The van der Waals surface area contributed by atoms with Gasteiger partial charge in [-0.15, -0.1) is 11.3 Å². The van der Waals surface area contributed by atoms with Gasteiger partial charge < -0.3 is 5.32 Å². The molecule has 130 valence electrons. The number of aromatic nitrogens is 4. The molecule has 0 bridgehead atoms. The molecule has 0 radical (unpaired) electrons. The van der Waals surface area contributed by atoms with Crippen molar-refractivity contribution in [2.75, 3.05) is 5.32 Å². The van der Waals surface area contributed by atoms with E-state index in [0.29, 0.717) is 11.9 Å². The predicted molar refractivity (Wildman–Crippen MR) is 103 cm³/mol. The zero-order chi connectivity index (χ0) is 16.2. The largest absolute Gasteiger partial charge is 0.300 e. The summed E-state index contributed by atoms with van der Waals surface area (Å²) in [6.07, 6.45) is 11.7. The van der Waals surface area contributed by atoms with E-state index in [1.807, 2.05) is 24.4 Å². The monoisotopic (exact) mass is 353 g/mol. The van der Waals surface area contributed by atoms with Gasteiger partial charge in [0.25, 0.3) is 0 Å². The van der Waals surface area contributed by atoms with Crippen molar-refractivity contribution < 1.29 is 0 Å². The van der Waals surface area contributed by atoms with E-state index < -0.39 is 0 Å². The van der Waals surface area contributed by atoms with Crippen LogP contribution in [0.5, 0.6) is 0 Å². The van der Waals surface area contributed by atoms with Gasteiger partial charge in [-0.05, 0) is 37.0 Å². The fourth-order valence-corrected chi connectivity index (χ4v) is 4.31. The molecule has 1 aliphatic rings. The standard InChI is InChI=1S/C18H19N5S.CH4/c1-2-7-13(8-3-1)16-15(14-9-4-5-10-19-14)22-18(24-16)23-17-20-11-6-12-21-17;/h4-6,9-13H,1-3,7-8H2,(H,20,21,22,23);1H4. The molecule has 3 aromatic rings. The van der Waals surface area contributed by atoms with E-state index in [1.54, 1.807) is 29.8 Å². The van der Waals surface area contributed by atoms with Gasteiger partial charge in [0.1, 0.15) is 5.69 Å². The van der Waals surface area contributed by atoms with E-state index in [0.717, 1.165) is 16.5 Å². The van der Waals surface area contributed by atoms with E-state index in [9.17, 15) is 0 Å². The highest BCUT2D eigenvalue weighted by Gasteiger charge is 2.24. The van der Waals surface area contributed by atoms with E-state index in [-0.39, 0.29) is 7.43 Å². The maximum absolute atomic E-state index is 4.82. The lowest BCUT2D eigenvalue weighted by molar-refractivity contribution is 0.448. The predicted octanol–water partition coefficient (Wildman–Crippen LogP) is 5.42. The fraction of sp³-hybridized carbons (Fsp3) is 0.368. The van der Waals surface area contributed by atoms with Crippen LogP contribution in [0.1, 0.15) is 50.3 Å². The number of hydrogen-bond donors (Lipinski definition) is 1. The fourth-order valence-electron chi connectivity index (χ4n) is 3.17. The topological polar surface area (TPSA) is 63.6 Å². The molecule has 25 heavy (non-hydrogen) atoms. The zero-order valence-corrected chi connectivity index (χ0v) is 14.2. The van der Waals surface area contributed by atoms with Crippen LogP contribution in [0.4, 0.5) is 11.1 Å². The first-order valence-corrected chi connectivity index (χ1v) is 9.18. The first-order chi connectivity index (χ1) is 11.9. The van der Waals surface area contributed by atoms with Crippen LogP contribution in [0, 0.1) is 0 Å². The Balaban J connectivity index is 0.00000182. The van der Waals surface area contributed by atoms with Crippen molar-refractivity contribution in [3.63, 3.8) is 0 Å². The number of rotatable bonds is 4. The van der Waals surface area contributed by atoms with Crippen LogP contribution in [-0.2, 0) is 0 Å². The highest BCUT2D eigenvalue weighted by Crippen LogP contribution is 2.42. The Morgan fingerprint density at radius 1 is 0.920 bits per heavy atom. The Morgan fingerprint density at radius 3 is 2.40 bits per heavy atom. The SMILES string of the molecule is C.c1ccc(-c2nc(Nc3ncccn3)sc2C2CCCCC2)nc1. The first kappa shape index (κ1) is 17.5. The second-order valence-electron chi connectivity index (χ2n) is 5.98. The highest BCUT2D eigenvalue weighted by molar-refractivity contribution is 7.16. The van der Waals surface area contributed by atoms with Gasteiger partial charge in [0.05, 0.1) is 5.69 Å². The Hall–Kier alpha value is -2.34. The van der Waals surface area contributed by atoms with Crippen molar-refractivity contribution in [3.05, 3.63) is 47.7 Å². The summed E-state index contributed by atoms with van der Waals surface area (Å²) >= 11 is 1.71. The number of hydrogen-bond acceptors (Lipinski definition) is 6. The number of thiazole rings is 1. The summed E-state index contributed by atoms with van der Waals surface area (Å²) in [6.45, 7) is 0. The van der Waals surface area contributed by atoms with Gasteiger partial charge in [-0.2, -0.15) is 0 Å². The minimum absolute atomic E-state index is 0. The zero-order valence-electron chi connectivity index (χ0n) is 13.4. The summed E-state index contributed by atoms with van der Waals surface area (Å²) in [5, 5.41) is 4.07. The van der Waals surface area contributed by atoms with Crippen LogP contribution in [-0.4, -0.2) is 19.9 Å². The molecule has 0 aromatic carbocycles. The van der Waals surface area contributed by atoms with E-state index in [2.05, 4.69) is 20.3 Å². The minimum atomic E-state index is 0. The number of pyridine rings is 1. The Morgan fingerprint density at radius 2 is 1.68 bits per heavy atom. The molecule has 5 nitrogen and oxygen atoms in total. The van der Waals surface area contributed by atoms with Gasteiger partial charge >= 0.3 is 0 Å². The molecule has 0 saturated heterocycles. The number of nitrogens with one attached hydrogen (secondary N) is 1. The molecular weight excluding hydrogens is 330 g/mol. The Bertz CT molecular complexity index is 782. The van der Waals surface area contributed by atoms with Crippen LogP contribution in [0.25, 0.3) is 11.4 Å². The van der Waals surface area contributed by atoms with Gasteiger partial charge in [-0.1, -0.05) is 32.8 Å². The van der Waals surface area contributed by atoms with Crippen LogP contribution in [0.3, 0.4) is 0 Å². The lowest BCUT2D eigenvalue weighted by Crippen LogP contribution is -2.04. The second kappa shape index (κ2) is 8.16. The molecule has 6 heteroatoms. The second-order valence-corrected chi connectivity index (χ2v) is 7.01. The summed E-state index contributed by atoms with van der Waals surface area (Å²) in [4.78, 5) is 19.1. The van der Waals surface area contributed by atoms with Gasteiger partial charge in [-0.3, -0.25) is 4.98 Å². The lowest BCUT2D eigenvalue weighted by Gasteiger charge is -2.20. The summed E-state index contributed by atoms with van der Waals surface area (Å²) in [7, 11) is 0. The van der Waals surface area contributed by atoms with Crippen LogP contribution < -0.4 is 5.32 Å². The van der Waals surface area contributed by atoms with Crippen molar-refractivity contribution in [1.29, 1.82) is 0 Å². The molecule has 1 saturated carbocycles. The molecule has 3 aromatic heterocycles. The van der Waals surface area contributed by atoms with Crippen molar-refractivity contribution in [2.24, 2.45) is 0 Å². The molecular formula is C19H23N5S. The summed E-state index contributed by atoms with van der Waals surface area (Å²) < 4.78 is 0. The first-order valence-electron chi connectivity index (χ1n) is 8.36. The molecule has 1 fully saturated rings. The lowest BCUT2D eigenvalue weighted by atomic mass is 9.87. The minimum Gasteiger partial charge on any atom is -0.300 e. The third kappa shape index (κ3) is 4.02. The highest BCUT2D eigenvalue weighted by atomic mass is 32.1. The van der Waals surface area contributed by atoms with E-state index in [1.165, 1.54) is 37.0 Å². The van der Waals surface area contributed by atoms with Crippen molar-refractivity contribution in [3.8, 4) is 11.4 Å². The average molecular weight is 353 g/mol. The van der Waals surface area contributed by atoms with Gasteiger partial charge in [0.15, 0.2) is 5.13 Å². The van der Waals surface area contributed by atoms with Crippen LogP contribution in [0.2, 0.25) is 0 Å². The van der Waals surface area contributed by atoms with Crippen molar-refractivity contribution in [2.45, 2.75) is 45.4 Å². The van der Waals surface area contributed by atoms with Gasteiger partial charge in [0.2, 0.25) is 5.95 Å². The maximum atomic E-state index is 4.82. The molecule has 0 unspecified atom stereocenters. The smallest absolute Gasteiger partial charge is 0.228 e. The van der Waals surface area contributed by atoms with Crippen molar-refractivity contribution >= 4 is 22.4 Å². The molecule has 0 atom stereocenters. The van der Waals surface area contributed by atoms with Crippen LogP contribution in [0.15, 0.2) is 42.9 Å². The van der Waals surface area contributed by atoms with Gasteiger partial charge in [-0.25, -0.2) is 15.0 Å².